The molecule has 2 heterocycles. The van der Waals surface area contributed by atoms with E-state index < -0.39 is 5.82 Å². The van der Waals surface area contributed by atoms with E-state index in [1.54, 1.807) is 24.1 Å². The van der Waals surface area contributed by atoms with Crippen molar-refractivity contribution in [2.45, 2.75) is 19.9 Å². The molecule has 0 radical (unpaired) electrons. The van der Waals surface area contributed by atoms with Crippen molar-refractivity contribution in [2.24, 2.45) is 0 Å². The number of tetrazole rings is 1. The Morgan fingerprint density at radius 1 is 1.10 bits per heavy atom. The van der Waals surface area contributed by atoms with Crippen LogP contribution >= 0.6 is 0 Å². The molecule has 0 spiro atoms. The monoisotopic (exact) mass is 391 g/mol. The zero-order chi connectivity index (χ0) is 20.2. The number of benzene rings is 2. The fourth-order valence-electron chi connectivity index (χ4n) is 3.10. The summed E-state index contributed by atoms with van der Waals surface area (Å²) in [6, 6.07) is 14.0. The lowest BCUT2D eigenvalue weighted by Gasteiger charge is -2.23. The van der Waals surface area contributed by atoms with Crippen LogP contribution in [0, 0.1) is 5.82 Å². The number of nitrogens with one attached hydrogen (secondary N) is 2. The predicted molar refractivity (Wildman–Crippen MR) is 105 cm³/mol. The Hall–Kier alpha value is -3.88. The molecule has 0 bridgehead atoms. The van der Waals surface area contributed by atoms with Crippen molar-refractivity contribution in [1.82, 2.24) is 30.8 Å². The summed E-state index contributed by atoms with van der Waals surface area (Å²) in [5.41, 5.74) is 3.65. The van der Waals surface area contributed by atoms with E-state index in [2.05, 4.69) is 30.8 Å². The molecule has 8 nitrogen and oxygen atoms in total. The second kappa shape index (κ2) is 8.01. The van der Waals surface area contributed by atoms with Gasteiger partial charge in [-0.05, 0) is 51.9 Å². The number of hydrogen-bond donors (Lipinski definition) is 2. The van der Waals surface area contributed by atoms with Crippen LogP contribution in [0.2, 0.25) is 0 Å². The van der Waals surface area contributed by atoms with Crippen molar-refractivity contribution in [1.29, 1.82) is 0 Å². The molecule has 0 saturated carbocycles. The van der Waals surface area contributed by atoms with Crippen molar-refractivity contribution in [3.05, 3.63) is 66.1 Å². The lowest BCUT2D eigenvalue weighted by molar-refractivity contribution is -0.118. The molecule has 4 rings (SSSR count). The molecule has 2 aromatic heterocycles. The van der Waals surface area contributed by atoms with Gasteiger partial charge >= 0.3 is 0 Å². The van der Waals surface area contributed by atoms with Gasteiger partial charge in [0.2, 0.25) is 5.91 Å². The van der Waals surface area contributed by atoms with Crippen LogP contribution in [0.1, 0.15) is 18.9 Å². The number of hydrogen-bond acceptors (Lipinski definition) is 5. The minimum absolute atomic E-state index is 0.121. The fraction of sp³-hybridized carbons (Fsp3) is 0.150. The molecule has 1 amide bonds. The lowest BCUT2D eigenvalue weighted by Crippen LogP contribution is -2.29. The zero-order valence-corrected chi connectivity index (χ0v) is 15.6. The van der Waals surface area contributed by atoms with Gasteiger partial charge in [-0.1, -0.05) is 25.1 Å². The maximum Gasteiger partial charge on any atom is 0.227 e. The average molecular weight is 391 g/mol. The van der Waals surface area contributed by atoms with Gasteiger partial charge in [-0.3, -0.25) is 9.89 Å². The summed E-state index contributed by atoms with van der Waals surface area (Å²) in [6.45, 7) is 2.07. The highest BCUT2D eigenvalue weighted by atomic mass is 19.1. The molecule has 0 saturated heterocycles. The highest BCUT2D eigenvalue weighted by Gasteiger charge is 2.18. The lowest BCUT2D eigenvalue weighted by atomic mass is 10.1. The van der Waals surface area contributed by atoms with E-state index in [1.165, 1.54) is 12.1 Å². The van der Waals surface area contributed by atoms with Crippen molar-refractivity contribution in [2.75, 3.05) is 4.90 Å². The molecule has 0 atom stereocenters. The minimum atomic E-state index is -0.478. The first-order chi connectivity index (χ1) is 14.1. The summed E-state index contributed by atoms with van der Waals surface area (Å²) < 4.78 is 14.3. The molecule has 4 aromatic rings. The molecule has 146 valence electrons. The van der Waals surface area contributed by atoms with Gasteiger partial charge in [0.05, 0.1) is 12.2 Å². The van der Waals surface area contributed by atoms with Crippen LogP contribution in [0.4, 0.5) is 10.1 Å². The number of halogens is 1. The van der Waals surface area contributed by atoms with E-state index in [-0.39, 0.29) is 12.3 Å². The molecular formula is C20H18FN7O. The number of aromatic amines is 2. The van der Waals surface area contributed by atoms with Gasteiger partial charge in [0.25, 0.3) is 0 Å². The van der Waals surface area contributed by atoms with Crippen LogP contribution in [0.3, 0.4) is 0 Å². The second-order valence-corrected chi connectivity index (χ2v) is 6.45. The summed E-state index contributed by atoms with van der Waals surface area (Å²) in [7, 11) is 0. The van der Waals surface area contributed by atoms with Crippen molar-refractivity contribution in [3.63, 3.8) is 0 Å². The SMILES string of the molecule is CCC(=O)N(Cc1cccc(-c2ccn[nH]2)c1)c1cc(F)cc(-c2nnn[nH]2)c1. The van der Waals surface area contributed by atoms with Gasteiger partial charge in [-0.15, -0.1) is 5.10 Å². The zero-order valence-electron chi connectivity index (χ0n) is 15.6. The van der Waals surface area contributed by atoms with E-state index in [0.29, 0.717) is 23.6 Å². The van der Waals surface area contributed by atoms with E-state index in [0.717, 1.165) is 16.8 Å². The number of rotatable bonds is 6. The summed E-state index contributed by atoms with van der Waals surface area (Å²) in [6.07, 6.45) is 1.97. The number of H-pyrrole nitrogens is 2. The van der Waals surface area contributed by atoms with E-state index in [4.69, 9.17) is 0 Å². The van der Waals surface area contributed by atoms with Crippen molar-refractivity contribution in [3.8, 4) is 22.6 Å². The maximum absolute atomic E-state index is 14.3. The maximum atomic E-state index is 14.3. The summed E-state index contributed by atoms with van der Waals surface area (Å²) in [5, 5.41) is 20.4. The number of carbonyl (C=O) groups is 1. The molecule has 29 heavy (non-hydrogen) atoms. The quantitative estimate of drug-likeness (QED) is 0.525. The van der Waals surface area contributed by atoms with Gasteiger partial charge in [-0.2, -0.15) is 5.10 Å². The van der Waals surface area contributed by atoms with Gasteiger partial charge < -0.3 is 4.90 Å². The highest BCUT2D eigenvalue weighted by Crippen LogP contribution is 2.27. The Labute approximate surface area is 165 Å². The smallest absolute Gasteiger partial charge is 0.227 e. The Morgan fingerprint density at radius 3 is 2.72 bits per heavy atom. The van der Waals surface area contributed by atoms with Crippen molar-refractivity contribution >= 4 is 11.6 Å². The van der Waals surface area contributed by atoms with Gasteiger partial charge in [0.1, 0.15) is 5.82 Å². The molecule has 0 aliphatic carbocycles. The van der Waals surface area contributed by atoms with Crippen LogP contribution in [0.15, 0.2) is 54.7 Å². The van der Waals surface area contributed by atoms with Crippen LogP contribution in [-0.4, -0.2) is 36.7 Å². The summed E-state index contributed by atoms with van der Waals surface area (Å²) >= 11 is 0. The summed E-state index contributed by atoms with van der Waals surface area (Å²) in [4.78, 5) is 14.2. The molecule has 0 aliphatic rings. The molecule has 0 unspecified atom stereocenters. The summed E-state index contributed by atoms with van der Waals surface area (Å²) in [5.74, 6) is -0.269. The second-order valence-electron chi connectivity index (χ2n) is 6.45. The molecule has 2 N–H and O–H groups in total. The Morgan fingerprint density at radius 2 is 2.00 bits per heavy atom. The number of carbonyl (C=O) groups excluding carboxylic acids is 1. The Balaban J connectivity index is 1.69. The number of aromatic nitrogens is 6. The average Bonchev–Trinajstić information content (AvgIpc) is 3.45. The minimum Gasteiger partial charge on any atom is -0.308 e. The predicted octanol–water partition coefficient (Wildman–Crippen LogP) is 3.34. The van der Waals surface area contributed by atoms with Crippen LogP contribution in [-0.2, 0) is 11.3 Å². The molecule has 9 heteroatoms. The number of nitrogens with zero attached hydrogens (tertiary/aromatic N) is 5. The normalized spacial score (nSPS) is 10.8. The standard InChI is InChI=1S/C20H18FN7O/c1-2-19(29)28(12-13-4-3-5-14(8-13)18-6-7-22-23-18)17-10-15(9-16(21)11-17)20-24-26-27-25-20/h3-11H,2,12H2,1H3,(H,22,23)(H,24,25,26,27). The third kappa shape index (κ3) is 4.03. The fourth-order valence-corrected chi connectivity index (χ4v) is 3.10. The topological polar surface area (TPSA) is 103 Å². The number of anilines is 1. The van der Waals surface area contributed by atoms with E-state index in [1.807, 2.05) is 30.3 Å². The number of amides is 1. The largest absolute Gasteiger partial charge is 0.308 e. The van der Waals surface area contributed by atoms with Crippen LogP contribution < -0.4 is 4.90 Å². The van der Waals surface area contributed by atoms with Gasteiger partial charge in [0.15, 0.2) is 5.82 Å². The third-order valence-corrected chi connectivity index (χ3v) is 4.50. The molecular weight excluding hydrogens is 373 g/mol. The Bertz CT molecular complexity index is 1110. The first-order valence-corrected chi connectivity index (χ1v) is 9.08. The highest BCUT2D eigenvalue weighted by molar-refractivity contribution is 5.93. The first-order valence-electron chi connectivity index (χ1n) is 9.08. The van der Waals surface area contributed by atoms with Gasteiger partial charge in [-0.25, -0.2) is 9.49 Å². The molecule has 0 fully saturated rings. The third-order valence-electron chi connectivity index (χ3n) is 4.50. The van der Waals surface area contributed by atoms with E-state index >= 15 is 0 Å². The van der Waals surface area contributed by atoms with Gasteiger partial charge in [0, 0.05) is 23.9 Å². The van der Waals surface area contributed by atoms with E-state index in [9.17, 15) is 9.18 Å². The first kappa shape index (κ1) is 18.5. The van der Waals surface area contributed by atoms with Crippen molar-refractivity contribution < 1.29 is 9.18 Å². The van der Waals surface area contributed by atoms with Crippen LogP contribution in [0.5, 0.6) is 0 Å². The Kier molecular flexibility index (Phi) is 5.10. The van der Waals surface area contributed by atoms with Crippen LogP contribution in [0.25, 0.3) is 22.6 Å². The molecule has 0 aliphatic heterocycles. The molecule has 2 aromatic carbocycles.